The topological polar surface area (TPSA) is 403 Å². The zero-order valence-corrected chi connectivity index (χ0v) is 44.0. The van der Waals surface area contributed by atoms with E-state index in [-0.39, 0.29) is 70.0 Å². The molecular formula is C49H85N13O11. The fourth-order valence-corrected chi connectivity index (χ4v) is 7.58. The van der Waals surface area contributed by atoms with Gasteiger partial charge in [-0.2, -0.15) is 0 Å². The molecule has 0 aliphatic heterocycles. The number of aliphatic hydroxyl groups excluding tert-OH is 1. The van der Waals surface area contributed by atoms with Crippen LogP contribution < -0.4 is 70.8 Å². The van der Waals surface area contributed by atoms with Crippen molar-refractivity contribution in [3.63, 3.8) is 0 Å². The fraction of sp³-hybridized carbons (Fsp3) is 0.673. The van der Waals surface area contributed by atoms with Crippen molar-refractivity contribution in [2.45, 2.75) is 162 Å². The average Bonchev–Trinajstić information content (AvgIpc) is 3.31. The summed E-state index contributed by atoms with van der Waals surface area (Å²) >= 11 is 0. The number of nitrogens with one attached hydrogen (secondary N) is 9. The number of carbonyl (C=O) groups is 10. The van der Waals surface area contributed by atoms with Crippen molar-refractivity contribution in [3.05, 3.63) is 35.9 Å². The monoisotopic (exact) mass is 1030 g/mol. The molecule has 18 N–H and O–H groups in total. The molecule has 0 saturated heterocycles. The lowest BCUT2D eigenvalue weighted by molar-refractivity contribution is -0.136. The molecule has 0 radical (unpaired) electrons. The molecule has 24 nitrogen and oxygen atoms in total. The van der Waals surface area contributed by atoms with Gasteiger partial charge in [-0.05, 0) is 81.0 Å². The highest BCUT2D eigenvalue weighted by Gasteiger charge is 2.36. The van der Waals surface area contributed by atoms with Gasteiger partial charge in [-0.3, -0.25) is 47.9 Å². The first-order chi connectivity index (χ1) is 34.3. The molecule has 0 fully saturated rings. The van der Waals surface area contributed by atoms with Crippen molar-refractivity contribution in [2.75, 3.05) is 26.2 Å². The van der Waals surface area contributed by atoms with E-state index in [1.807, 2.05) is 20.8 Å². The van der Waals surface area contributed by atoms with E-state index in [1.165, 1.54) is 6.92 Å². The van der Waals surface area contributed by atoms with Crippen LogP contribution in [0.3, 0.4) is 0 Å². The average molecular weight is 1030 g/mol. The number of hydrogen-bond acceptors (Lipinski definition) is 14. The smallest absolute Gasteiger partial charge is 0.243 e. The largest absolute Gasteiger partial charge is 0.394 e. The van der Waals surface area contributed by atoms with Crippen molar-refractivity contribution < 1.29 is 53.1 Å². The van der Waals surface area contributed by atoms with Crippen molar-refractivity contribution in [3.8, 4) is 0 Å². The predicted molar refractivity (Wildman–Crippen MR) is 274 cm³/mol. The molecule has 0 aliphatic carbocycles. The van der Waals surface area contributed by atoms with Crippen LogP contribution in [0.4, 0.5) is 0 Å². The molecule has 0 bridgehead atoms. The second-order valence-corrected chi connectivity index (χ2v) is 19.5. The molecule has 10 atom stereocenters. The van der Waals surface area contributed by atoms with Gasteiger partial charge in [0.1, 0.15) is 54.4 Å². The Morgan fingerprint density at radius 3 is 1.25 bits per heavy atom. The molecule has 1 rings (SSSR count). The molecule has 0 saturated carbocycles. The SMILES string of the molecule is CC[C@H](C)[C@H](NC(=O)[C@H](CCN)NC(C)=O)C(=O)N[C@@H](CCN)C(=O)N[C@H](Cc1ccccc1)C(=O)N[C@@H](CC(C)C)C(=O)N[C@@H](CCN)C(=O)N[C@@H](C(=O)N[C@@H](CC(C)C)C(=O)N[C@@H](CO)C(N)=O)C(C)C. The van der Waals surface area contributed by atoms with Gasteiger partial charge in [0.25, 0.3) is 0 Å². The molecule has 412 valence electrons. The first-order valence-corrected chi connectivity index (χ1v) is 25.1. The predicted octanol–water partition coefficient (Wildman–Crippen LogP) is -3.07. The molecule has 73 heavy (non-hydrogen) atoms. The third kappa shape index (κ3) is 23.5. The molecule has 0 aliphatic rings. The highest BCUT2D eigenvalue weighted by molar-refractivity contribution is 5.98. The van der Waals surface area contributed by atoms with Crippen molar-refractivity contribution in [1.82, 2.24) is 47.9 Å². The maximum absolute atomic E-state index is 14.4. The number of amides is 10. The van der Waals surface area contributed by atoms with Gasteiger partial charge < -0.3 is 75.9 Å². The molecule has 1 aromatic carbocycles. The van der Waals surface area contributed by atoms with Crippen LogP contribution in [-0.2, 0) is 54.4 Å². The van der Waals surface area contributed by atoms with E-state index in [2.05, 4.69) is 47.9 Å². The molecule has 0 unspecified atom stereocenters. The van der Waals surface area contributed by atoms with Crippen LogP contribution in [0, 0.1) is 23.7 Å². The van der Waals surface area contributed by atoms with Crippen LogP contribution in [0.2, 0.25) is 0 Å². The number of primary amides is 1. The number of nitrogens with two attached hydrogens (primary N) is 4. The van der Waals surface area contributed by atoms with E-state index in [4.69, 9.17) is 22.9 Å². The molecule has 10 amide bonds. The summed E-state index contributed by atoms with van der Waals surface area (Å²) in [6.45, 7) is 14.5. The van der Waals surface area contributed by atoms with Crippen molar-refractivity contribution in [1.29, 1.82) is 0 Å². The number of hydrogen-bond donors (Lipinski definition) is 14. The minimum Gasteiger partial charge on any atom is -0.394 e. The number of benzene rings is 1. The second-order valence-electron chi connectivity index (χ2n) is 19.5. The van der Waals surface area contributed by atoms with Gasteiger partial charge in [-0.25, -0.2) is 0 Å². The van der Waals surface area contributed by atoms with Gasteiger partial charge in [0.05, 0.1) is 6.61 Å². The van der Waals surface area contributed by atoms with Crippen molar-refractivity contribution >= 4 is 59.1 Å². The van der Waals surface area contributed by atoms with Gasteiger partial charge in [0, 0.05) is 13.3 Å². The maximum Gasteiger partial charge on any atom is 0.243 e. The zero-order chi connectivity index (χ0) is 55.5. The van der Waals surface area contributed by atoms with Crippen LogP contribution in [0.1, 0.15) is 106 Å². The van der Waals surface area contributed by atoms with Gasteiger partial charge in [-0.15, -0.1) is 0 Å². The van der Waals surface area contributed by atoms with E-state index >= 15 is 0 Å². The maximum atomic E-state index is 14.4. The van der Waals surface area contributed by atoms with E-state index in [0.717, 1.165) is 0 Å². The second kappa shape index (κ2) is 33.5. The minimum absolute atomic E-state index is 0.0569. The van der Waals surface area contributed by atoms with Crippen LogP contribution in [0.25, 0.3) is 0 Å². The summed E-state index contributed by atoms with van der Waals surface area (Å²) in [6, 6.07) is -2.45. The van der Waals surface area contributed by atoms with Crippen LogP contribution in [0.5, 0.6) is 0 Å². The summed E-state index contributed by atoms with van der Waals surface area (Å²) < 4.78 is 0. The third-order valence-corrected chi connectivity index (χ3v) is 11.8. The Kier molecular flexibility index (Phi) is 29.7. The van der Waals surface area contributed by atoms with Crippen LogP contribution in [0.15, 0.2) is 30.3 Å². The van der Waals surface area contributed by atoms with Crippen LogP contribution in [-0.4, -0.2) is 145 Å². The Morgan fingerprint density at radius 2 is 0.836 bits per heavy atom. The summed E-state index contributed by atoms with van der Waals surface area (Å²) in [4.78, 5) is 134. The molecule has 24 heteroatoms. The van der Waals surface area contributed by atoms with E-state index in [9.17, 15) is 53.1 Å². The molecule has 0 aromatic heterocycles. The summed E-state index contributed by atoms with van der Waals surface area (Å²) in [5.74, 6) is -8.74. The Labute approximate surface area is 429 Å². The molecule has 0 spiro atoms. The highest BCUT2D eigenvalue weighted by Crippen LogP contribution is 2.14. The van der Waals surface area contributed by atoms with Crippen molar-refractivity contribution in [2.24, 2.45) is 46.6 Å². The first-order valence-electron chi connectivity index (χ1n) is 25.1. The quantitative estimate of drug-likeness (QED) is 0.0326. The summed E-state index contributed by atoms with van der Waals surface area (Å²) in [5.41, 5.74) is 23.4. The van der Waals surface area contributed by atoms with Gasteiger partial charge in [0.15, 0.2) is 0 Å². The lowest BCUT2D eigenvalue weighted by atomic mass is 9.97. The van der Waals surface area contributed by atoms with E-state index in [1.54, 1.807) is 65.0 Å². The molecule has 1 aromatic rings. The Bertz CT molecular complexity index is 1970. The van der Waals surface area contributed by atoms with Gasteiger partial charge in [-0.1, -0.05) is 92.1 Å². The first kappa shape index (κ1) is 64.8. The third-order valence-electron chi connectivity index (χ3n) is 11.8. The Hall–Kier alpha value is -6.24. The lowest BCUT2D eigenvalue weighted by Crippen LogP contribution is -2.62. The summed E-state index contributed by atoms with van der Waals surface area (Å²) in [6.07, 6.45) is 0.533. The normalized spacial score (nSPS) is 15.4. The van der Waals surface area contributed by atoms with Crippen LogP contribution >= 0.6 is 0 Å². The lowest BCUT2D eigenvalue weighted by Gasteiger charge is -2.30. The summed E-state index contributed by atoms with van der Waals surface area (Å²) in [5, 5.41) is 33.2. The molecule has 0 heterocycles. The fourth-order valence-electron chi connectivity index (χ4n) is 7.58. The van der Waals surface area contributed by atoms with E-state index in [0.29, 0.717) is 12.0 Å². The minimum atomic E-state index is -1.40. The number of aliphatic hydroxyl groups is 1. The number of rotatable bonds is 34. The zero-order valence-electron chi connectivity index (χ0n) is 44.0. The Morgan fingerprint density at radius 1 is 0.479 bits per heavy atom. The standard InChI is InChI=1S/C49H85N13O11/c1-10-29(8)40(62-43(67)32(16-19-50)54-30(9)64)49(73)56-33(17-20-51)42(66)58-37(24-31-14-12-11-13-15-31)47(71)57-35(22-26(2)3)45(69)55-34(18-21-52)44(68)61-39(28(6)7)48(72)59-36(23-27(4)5)46(70)60-38(25-63)41(53)65/h11-15,26-29,32-40,63H,10,16-25,50-52H2,1-9H3,(H2,53,65)(H,54,64)(H,55,69)(H,56,73)(H,57,71)(H,58,66)(H,59,72)(H,60,70)(H,61,68)(H,62,67)/t29-,32-,33-,34-,35-,36-,37+,38-,39+,40-/m0/s1. The van der Waals surface area contributed by atoms with E-state index < -0.39 is 132 Å². The highest BCUT2D eigenvalue weighted by atomic mass is 16.3. The Balaban J connectivity index is 3.48. The summed E-state index contributed by atoms with van der Waals surface area (Å²) in [7, 11) is 0. The number of carbonyl (C=O) groups excluding carboxylic acids is 10. The van der Waals surface area contributed by atoms with Gasteiger partial charge in [0.2, 0.25) is 59.1 Å². The molecular weight excluding hydrogens is 947 g/mol. The van der Waals surface area contributed by atoms with Gasteiger partial charge >= 0.3 is 0 Å².